The lowest BCUT2D eigenvalue weighted by Crippen LogP contribution is -2.50. The van der Waals surface area contributed by atoms with Gasteiger partial charge in [-0.05, 0) is 33.6 Å². The van der Waals surface area contributed by atoms with Crippen LogP contribution in [0.15, 0.2) is 30.3 Å². The zero-order valence-corrected chi connectivity index (χ0v) is 15.1. The van der Waals surface area contributed by atoms with Gasteiger partial charge in [0.25, 0.3) is 0 Å². The van der Waals surface area contributed by atoms with Gasteiger partial charge in [0.1, 0.15) is 11.7 Å². The van der Waals surface area contributed by atoms with E-state index in [0.717, 1.165) is 18.4 Å². The van der Waals surface area contributed by atoms with E-state index in [4.69, 9.17) is 18.9 Å². The molecule has 6 nitrogen and oxygen atoms in total. The first-order valence-electron chi connectivity index (χ1n) is 8.85. The average molecular weight is 349 g/mol. The quantitative estimate of drug-likeness (QED) is 0.908. The fraction of sp³-hybridized carbons (Fsp3) is 0.632. The number of rotatable bonds is 3. The molecule has 0 bridgehead atoms. The third-order valence-electron chi connectivity index (χ3n) is 4.21. The molecular weight excluding hydrogens is 322 g/mol. The van der Waals surface area contributed by atoms with Gasteiger partial charge in [-0.2, -0.15) is 0 Å². The van der Waals surface area contributed by atoms with Gasteiger partial charge in [0.2, 0.25) is 0 Å². The highest BCUT2D eigenvalue weighted by molar-refractivity contribution is 5.67. The SMILES string of the molecule is CC(C)(C)OC(=O)NC[C@H]1CC[C@@H]2O[C@H](c3ccccc3)OC[C@H]2O1. The van der Waals surface area contributed by atoms with Crippen LogP contribution in [0.3, 0.4) is 0 Å². The molecule has 0 spiro atoms. The van der Waals surface area contributed by atoms with E-state index >= 15 is 0 Å². The van der Waals surface area contributed by atoms with Crippen LogP contribution in [0.5, 0.6) is 0 Å². The molecule has 0 aromatic heterocycles. The first-order chi connectivity index (χ1) is 11.9. The molecule has 2 fully saturated rings. The molecule has 2 saturated heterocycles. The van der Waals surface area contributed by atoms with Crippen molar-refractivity contribution >= 4 is 6.09 Å². The van der Waals surface area contributed by atoms with Crippen molar-refractivity contribution in [2.45, 2.75) is 63.8 Å². The van der Waals surface area contributed by atoms with Crippen LogP contribution < -0.4 is 5.32 Å². The van der Waals surface area contributed by atoms with Gasteiger partial charge in [0.05, 0.1) is 18.8 Å². The van der Waals surface area contributed by atoms with Crippen molar-refractivity contribution in [2.75, 3.05) is 13.2 Å². The summed E-state index contributed by atoms with van der Waals surface area (Å²) < 4.78 is 23.1. The number of carbonyl (C=O) groups excluding carboxylic acids is 1. The Morgan fingerprint density at radius 3 is 2.64 bits per heavy atom. The highest BCUT2D eigenvalue weighted by atomic mass is 16.7. The Kier molecular flexibility index (Phi) is 5.61. The number of hydrogen-bond donors (Lipinski definition) is 1. The lowest BCUT2D eigenvalue weighted by Gasteiger charge is -2.42. The maximum absolute atomic E-state index is 11.7. The van der Waals surface area contributed by atoms with Crippen LogP contribution in [0.2, 0.25) is 0 Å². The summed E-state index contributed by atoms with van der Waals surface area (Å²) >= 11 is 0. The second-order valence-electron chi connectivity index (χ2n) is 7.51. The van der Waals surface area contributed by atoms with E-state index in [1.807, 2.05) is 51.1 Å². The van der Waals surface area contributed by atoms with Crippen molar-refractivity contribution < 1.29 is 23.7 Å². The minimum absolute atomic E-state index is 0.0248. The molecule has 0 unspecified atom stereocenters. The van der Waals surface area contributed by atoms with Crippen LogP contribution >= 0.6 is 0 Å². The summed E-state index contributed by atoms with van der Waals surface area (Å²) in [5.74, 6) is 0. The lowest BCUT2D eigenvalue weighted by atomic mass is 10.00. The summed E-state index contributed by atoms with van der Waals surface area (Å²) in [5.41, 5.74) is 0.523. The molecule has 3 rings (SSSR count). The van der Waals surface area contributed by atoms with E-state index in [2.05, 4.69) is 5.32 Å². The third-order valence-corrected chi connectivity index (χ3v) is 4.21. The molecule has 2 heterocycles. The number of alkyl carbamates (subject to hydrolysis) is 1. The Labute approximate surface area is 148 Å². The van der Waals surface area contributed by atoms with Gasteiger partial charge in [-0.25, -0.2) is 4.79 Å². The van der Waals surface area contributed by atoms with Gasteiger partial charge in [-0.1, -0.05) is 30.3 Å². The minimum atomic E-state index is -0.500. The standard InChI is InChI=1S/C19H27NO5/c1-19(2,3)25-18(21)20-11-14-9-10-15-16(23-14)12-22-17(24-15)13-7-5-4-6-8-13/h4-8,14-17H,9-12H2,1-3H3,(H,20,21)/t14-,15+,16-,17-/m1/s1. The van der Waals surface area contributed by atoms with Crippen LogP contribution in [-0.4, -0.2) is 43.2 Å². The second-order valence-corrected chi connectivity index (χ2v) is 7.51. The fourth-order valence-electron chi connectivity index (χ4n) is 3.07. The van der Waals surface area contributed by atoms with Crippen molar-refractivity contribution in [1.29, 1.82) is 0 Å². The topological polar surface area (TPSA) is 66.0 Å². The number of fused-ring (bicyclic) bond motifs is 1. The largest absolute Gasteiger partial charge is 0.444 e. The van der Waals surface area contributed by atoms with Crippen molar-refractivity contribution in [2.24, 2.45) is 0 Å². The number of carbonyl (C=O) groups is 1. The van der Waals surface area contributed by atoms with Gasteiger partial charge in [0.15, 0.2) is 6.29 Å². The van der Waals surface area contributed by atoms with Crippen LogP contribution in [-0.2, 0) is 18.9 Å². The first-order valence-corrected chi connectivity index (χ1v) is 8.85. The van der Waals surface area contributed by atoms with Gasteiger partial charge in [0, 0.05) is 12.1 Å². The molecule has 1 aromatic carbocycles. The highest BCUT2D eigenvalue weighted by Crippen LogP contribution is 2.33. The van der Waals surface area contributed by atoms with E-state index < -0.39 is 11.7 Å². The van der Waals surface area contributed by atoms with E-state index in [-0.39, 0.29) is 24.6 Å². The van der Waals surface area contributed by atoms with Gasteiger partial charge < -0.3 is 24.3 Å². The zero-order valence-electron chi connectivity index (χ0n) is 15.1. The Hall–Kier alpha value is -1.63. The maximum Gasteiger partial charge on any atom is 0.407 e. The molecule has 4 atom stereocenters. The summed E-state index contributed by atoms with van der Waals surface area (Å²) in [6.45, 7) is 6.45. The van der Waals surface area contributed by atoms with E-state index in [0.29, 0.717) is 13.2 Å². The van der Waals surface area contributed by atoms with Crippen LogP contribution in [0.25, 0.3) is 0 Å². The van der Waals surface area contributed by atoms with E-state index in [9.17, 15) is 4.79 Å². The third kappa shape index (κ3) is 5.17. The molecule has 0 saturated carbocycles. The number of nitrogens with one attached hydrogen (secondary N) is 1. The molecule has 1 aromatic rings. The molecule has 2 aliphatic rings. The molecular formula is C19H27NO5. The summed E-state index contributed by atoms with van der Waals surface area (Å²) in [5, 5.41) is 2.77. The van der Waals surface area contributed by atoms with Crippen LogP contribution in [0.1, 0.15) is 45.5 Å². The molecule has 1 amide bonds. The van der Waals surface area contributed by atoms with Crippen molar-refractivity contribution in [3.8, 4) is 0 Å². The fourth-order valence-corrected chi connectivity index (χ4v) is 3.07. The number of amides is 1. The minimum Gasteiger partial charge on any atom is -0.444 e. The molecule has 6 heteroatoms. The summed E-state index contributed by atoms with van der Waals surface area (Å²) in [6, 6.07) is 9.93. The normalized spacial score (nSPS) is 29.6. The predicted molar refractivity (Wildman–Crippen MR) is 92.1 cm³/mol. The number of hydrogen-bond acceptors (Lipinski definition) is 5. The monoisotopic (exact) mass is 349 g/mol. The van der Waals surface area contributed by atoms with E-state index in [1.54, 1.807) is 0 Å². The number of benzene rings is 1. The van der Waals surface area contributed by atoms with Crippen LogP contribution in [0, 0.1) is 0 Å². The molecule has 138 valence electrons. The smallest absolute Gasteiger partial charge is 0.407 e. The predicted octanol–water partition coefficient (Wildman–Crippen LogP) is 3.17. The summed E-state index contributed by atoms with van der Waals surface area (Å²) in [7, 11) is 0. The second kappa shape index (κ2) is 7.72. The molecule has 0 radical (unpaired) electrons. The Morgan fingerprint density at radius 1 is 1.16 bits per heavy atom. The average Bonchev–Trinajstić information content (AvgIpc) is 2.58. The van der Waals surface area contributed by atoms with Gasteiger partial charge in [-0.15, -0.1) is 0 Å². The van der Waals surface area contributed by atoms with E-state index in [1.165, 1.54) is 0 Å². The summed E-state index contributed by atoms with van der Waals surface area (Å²) in [6.07, 6.45) is 0.849. The Bertz CT molecular complexity index is 571. The van der Waals surface area contributed by atoms with Crippen molar-refractivity contribution in [1.82, 2.24) is 5.32 Å². The summed E-state index contributed by atoms with van der Waals surface area (Å²) in [4.78, 5) is 11.7. The molecule has 0 aliphatic carbocycles. The maximum atomic E-state index is 11.7. The molecule has 25 heavy (non-hydrogen) atoms. The molecule has 2 aliphatic heterocycles. The first kappa shape index (κ1) is 18.2. The zero-order chi connectivity index (χ0) is 17.9. The molecule has 1 N–H and O–H groups in total. The number of ether oxygens (including phenoxy) is 4. The van der Waals surface area contributed by atoms with Crippen molar-refractivity contribution in [3.05, 3.63) is 35.9 Å². The highest BCUT2D eigenvalue weighted by Gasteiger charge is 2.38. The van der Waals surface area contributed by atoms with Crippen molar-refractivity contribution in [3.63, 3.8) is 0 Å². The van der Waals surface area contributed by atoms with Gasteiger partial charge in [-0.3, -0.25) is 0 Å². The Balaban J connectivity index is 1.45. The van der Waals surface area contributed by atoms with Gasteiger partial charge >= 0.3 is 6.09 Å². The lowest BCUT2D eigenvalue weighted by molar-refractivity contribution is -0.287. The van der Waals surface area contributed by atoms with Crippen LogP contribution in [0.4, 0.5) is 4.79 Å². The Morgan fingerprint density at radius 2 is 1.92 bits per heavy atom.